The minimum atomic E-state index is -0.0214. The third-order valence-electron chi connectivity index (χ3n) is 5.03. The Morgan fingerprint density at radius 3 is 3.04 bits per heavy atom. The van der Waals surface area contributed by atoms with Crippen molar-refractivity contribution in [2.24, 2.45) is 0 Å². The maximum Gasteiger partial charge on any atom is 0.274 e. The Kier molecular flexibility index (Phi) is 4.69. The summed E-state index contributed by atoms with van der Waals surface area (Å²) >= 11 is 0. The average molecular weight is 352 g/mol. The van der Waals surface area contributed by atoms with E-state index < -0.39 is 0 Å². The lowest BCUT2D eigenvalue weighted by Gasteiger charge is -2.32. The number of rotatable bonds is 5. The zero-order valence-electron chi connectivity index (χ0n) is 15.1. The molecule has 0 unspecified atom stereocenters. The van der Waals surface area contributed by atoms with Gasteiger partial charge in [-0.15, -0.1) is 0 Å². The molecule has 4 heterocycles. The molecule has 0 N–H and O–H groups in total. The highest BCUT2D eigenvalue weighted by Gasteiger charge is 2.29. The van der Waals surface area contributed by atoms with Gasteiger partial charge in [-0.1, -0.05) is 13.3 Å². The largest absolute Gasteiger partial charge is 0.337 e. The number of hydrogen-bond acceptors (Lipinski definition) is 4. The summed E-state index contributed by atoms with van der Waals surface area (Å²) in [6, 6.07) is 3.56. The number of amides is 1. The number of aromatic nitrogens is 5. The number of carbonyl (C=O) groups excluding carboxylic acids is 1. The second-order valence-corrected chi connectivity index (χ2v) is 6.87. The van der Waals surface area contributed by atoms with Gasteiger partial charge >= 0.3 is 0 Å². The molecule has 0 spiro atoms. The van der Waals surface area contributed by atoms with Crippen molar-refractivity contribution in [3.63, 3.8) is 0 Å². The summed E-state index contributed by atoms with van der Waals surface area (Å²) in [5, 5.41) is 4.38. The van der Waals surface area contributed by atoms with Crippen LogP contribution in [0.25, 0.3) is 5.65 Å². The van der Waals surface area contributed by atoms with Crippen molar-refractivity contribution in [2.75, 3.05) is 13.1 Å². The molecule has 1 aliphatic heterocycles. The summed E-state index contributed by atoms with van der Waals surface area (Å²) in [5.41, 5.74) is 1.15. The molecule has 0 aromatic carbocycles. The third kappa shape index (κ3) is 3.21. The Labute approximate surface area is 152 Å². The summed E-state index contributed by atoms with van der Waals surface area (Å²) in [6.45, 7) is 4.66. The van der Waals surface area contributed by atoms with Crippen molar-refractivity contribution >= 4 is 11.6 Å². The number of piperidine rings is 1. The molecule has 1 fully saturated rings. The number of aryl methyl sites for hydroxylation is 1. The van der Waals surface area contributed by atoms with Crippen LogP contribution in [0.4, 0.5) is 0 Å². The summed E-state index contributed by atoms with van der Waals surface area (Å²) in [4.78, 5) is 23.7. The van der Waals surface area contributed by atoms with Crippen LogP contribution in [0, 0.1) is 0 Å². The van der Waals surface area contributed by atoms with E-state index in [1.54, 1.807) is 22.8 Å². The fraction of sp³-hybridized carbons (Fsp3) is 0.474. The molecule has 0 aliphatic carbocycles. The Morgan fingerprint density at radius 2 is 2.19 bits per heavy atom. The van der Waals surface area contributed by atoms with Crippen molar-refractivity contribution in [1.82, 2.24) is 29.0 Å². The zero-order valence-corrected chi connectivity index (χ0v) is 15.1. The van der Waals surface area contributed by atoms with E-state index in [-0.39, 0.29) is 11.8 Å². The van der Waals surface area contributed by atoms with Crippen LogP contribution in [0.3, 0.4) is 0 Å². The predicted molar refractivity (Wildman–Crippen MR) is 98.0 cm³/mol. The van der Waals surface area contributed by atoms with Gasteiger partial charge in [0.2, 0.25) is 0 Å². The first-order valence-electron chi connectivity index (χ1n) is 9.37. The minimum absolute atomic E-state index is 0.0214. The molecule has 1 amide bonds. The molecule has 0 bridgehead atoms. The summed E-state index contributed by atoms with van der Waals surface area (Å²) < 4.78 is 3.89. The van der Waals surface area contributed by atoms with Crippen LogP contribution in [0.15, 0.2) is 36.9 Å². The molecular weight excluding hydrogens is 328 g/mol. The standard InChI is InChI=1S/C19H24N6O/c1-2-3-9-23-12-8-21-18(23)15-6-4-10-24(14-15)19(26)16-13-17-20-7-5-11-25(17)22-16/h5,7-8,11-13,15H,2-4,6,9-10,14H2,1H3/t15-/m0/s1. The highest BCUT2D eigenvalue weighted by molar-refractivity contribution is 5.93. The van der Waals surface area contributed by atoms with Crippen LogP contribution >= 0.6 is 0 Å². The van der Waals surface area contributed by atoms with Crippen LogP contribution in [-0.2, 0) is 6.54 Å². The van der Waals surface area contributed by atoms with Gasteiger partial charge in [0.1, 0.15) is 5.82 Å². The highest BCUT2D eigenvalue weighted by atomic mass is 16.2. The normalized spacial score (nSPS) is 17.7. The molecule has 4 rings (SSSR count). The summed E-state index contributed by atoms with van der Waals surface area (Å²) in [6.07, 6.45) is 11.8. The van der Waals surface area contributed by atoms with Gasteiger partial charge in [-0.2, -0.15) is 5.10 Å². The van der Waals surface area contributed by atoms with Gasteiger partial charge in [0.15, 0.2) is 11.3 Å². The van der Waals surface area contributed by atoms with Crippen LogP contribution < -0.4 is 0 Å². The number of imidazole rings is 1. The number of hydrogen-bond donors (Lipinski definition) is 0. The minimum Gasteiger partial charge on any atom is -0.337 e. The first-order chi connectivity index (χ1) is 12.8. The fourth-order valence-electron chi connectivity index (χ4n) is 3.67. The molecule has 7 nitrogen and oxygen atoms in total. The monoisotopic (exact) mass is 352 g/mol. The Morgan fingerprint density at radius 1 is 1.27 bits per heavy atom. The Balaban J connectivity index is 1.51. The Hall–Kier alpha value is -2.70. The van der Waals surface area contributed by atoms with Crippen LogP contribution in [0.5, 0.6) is 0 Å². The highest BCUT2D eigenvalue weighted by Crippen LogP contribution is 2.27. The second-order valence-electron chi connectivity index (χ2n) is 6.87. The molecule has 0 radical (unpaired) electrons. The molecule has 1 aliphatic rings. The number of nitrogens with zero attached hydrogens (tertiary/aromatic N) is 6. The van der Waals surface area contributed by atoms with E-state index >= 15 is 0 Å². The van der Waals surface area contributed by atoms with Gasteiger partial charge in [-0.25, -0.2) is 14.5 Å². The average Bonchev–Trinajstić information content (AvgIpc) is 3.32. The molecule has 0 saturated carbocycles. The van der Waals surface area contributed by atoms with E-state index in [0.29, 0.717) is 17.9 Å². The number of fused-ring (bicyclic) bond motifs is 1. The van der Waals surface area contributed by atoms with Crippen LogP contribution in [0.1, 0.15) is 54.8 Å². The molecule has 1 atom stereocenters. The molecule has 3 aromatic heterocycles. The lowest BCUT2D eigenvalue weighted by molar-refractivity contribution is 0.0697. The topological polar surface area (TPSA) is 68.3 Å². The maximum atomic E-state index is 12.9. The smallest absolute Gasteiger partial charge is 0.274 e. The van der Waals surface area contributed by atoms with E-state index in [9.17, 15) is 4.79 Å². The van der Waals surface area contributed by atoms with Crippen molar-refractivity contribution < 1.29 is 4.79 Å². The molecule has 1 saturated heterocycles. The molecule has 136 valence electrons. The Bertz CT molecular complexity index is 865. The van der Waals surface area contributed by atoms with Gasteiger partial charge in [-0.3, -0.25) is 4.79 Å². The van der Waals surface area contributed by atoms with Crippen LogP contribution in [-0.4, -0.2) is 48.0 Å². The van der Waals surface area contributed by atoms with Gasteiger partial charge in [0.05, 0.1) is 0 Å². The predicted octanol–water partition coefficient (Wildman–Crippen LogP) is 2.75. The number of unbranched alkanes of at least 4 members (excludes halogenated alkanes) is 1. The maximum absolute atomic E-state index is 12.9. The van der Waals surface area contributed by atoms with Crippen molar-refractivity contribution in [1.29, 1.82) is 0 Å². The van der Waals surface area contributed by atoms with Crippen molar-refractivity contribution in [2.45, 2.75) is 45.1 Å². The molecule has 26 heavy (non-hydrogen) atoms. The fourth-order valence-corrected chi connectivity index (χ4v) is 3.67. The SMILES string of the molecule is CCCCn1ccnc1[C@H]1CCCN(C(=O)c2cc3ncccn3n2)C1. The first kappa shape index (κ1) is 16.8. The van der Waals surface area contributed by atoms with Crippen molar-refractivity contribution in [3.05, 3.63) is 48.4 Å². The quantitative estimate of drug-likeness (QED) is 0.708. The number of carbonyl (C=O) groups is 1. The zero-order chi connectivity index (χ0) is 17.9. The lowest BCUT2D eigenvalue weighted by atomic mass is 9.96. The van der Waals surface area contributed by atoms with Gasteiger partial charge in [-0.05, 0) is 25.3 Å². The van der Waals surface area contributed by atoms with Crippen LogP contribution in [0.2, 0.25) is 0 Å². The van der Waals surface area contributed by atoms with E-state index in [2.05, 4.69) is 32.8 Å². The van der Waals surface area contributed by atoms with E-state index in [4.69, 9.17) is 0 Å². The van der Waals surface area contributed by atoms with E-state index in [1.807, 2.05) is 17.3 Å². The summed E-state index contributed by atoms with van der Waals surface area (Å²) in [7, 11) is 0. The lowest BCUT2D eigenvalue weighted by Crippen LogP contribution is -2.40. The molecule has 7 heteroatoms. The van der Waals surface area contributed by atoms with E-state index in [0.717, 1.165) is 44.6 Å². The second kappa shape index (κ2) is 7.27. The van der Waals surface area contributed by atoms with Crippen molar-refractivity contribution in [3.8, 4) is 0 Å². The third-order valence-corrected chi connectivity index (χ3v) is 5.03. The van der Waals surface area contributed by atoms with E-state index in [1.165, 1.54) is 0 Å². The van der Waals surface area contributed by atoms with Gasteiger partial charge in [0, 0.05) is 56.4 Å². The number of likely N-dealkylation sites (tertiary alicyclic amines) is 1. The first-order valence-corrected chi connectivity index (χ1v) is 9.37. The molecule has 3 aromatic rings. The van der Waals surface area contributed by atoms with Gasteiger partial charge in [0.25, 0.3) is 5.91 Å². The van der Waals surface area contributed by atoms with Gasteiger partial charge < -0.3 is 9.47 Å². The molecular formula is C19H24N6O. The summed E-state index contributed by atoms with van der Waals surface area (Å²) in [5.74, 6) is 1.37.